The number of para-hydroxylation sites is 1. The summed E-state index contributed by atoms with van der Waals surface area (Å²) in [5.74, 6) is 2.24. The number of piperidine rings is 1. The number of nitrogens with zero attached hydrogens (tertiary/aromatic N) is 3. The first-order chi connectivity index (χ1) is 23.0. The molecule has 2 N–H and O–H groups in total. The van der Waals surface area contributed by atoms with Crippen LogP contribution in [-0.2, 0) is 11.8 Å². The molecule has 0 bridgehead atoms. The summed E-state index contributed by atoms with van der Waals surface area (Å²) in [5.41, 5.74) is 5.20. The number of amides is 3. The van der Waals surface area contributed by atoms with Crippen LogP contribution in [0.15, 0.2) is 72.8 Å². The van der Waals surface area contributed by atoms with Gasteiger partial charge in [-0.25, -0.2) is 9.48 Å². The number of urea groups is 1. The fourth-order valence-corrected chi connectivity index (χ4v) is 5.89. The number of unbranched alkanes of at least 4 members (excludes halogenated alkanes) is 1. The number of hydrogen-bond acceptors (Lipinski definition) is 5. The molecule has 0 spiro atoms. The van der Waals surface area contributed by atoms with Crippen LogP contribution in [0.3, 0.4) is 0 Å². The van der Waals surface area contributed by atoms with Gasteiger partial charge in [0.25, 0.3) is 5.91 Å². The highest BCUT2D eigenvalue weighted by molar-refractivity contribution is 6.00. The van der Waals surface area contributed by atoms with Crippen LogP contribution in [-0.4, -0.2) is 53.4 Å². The molecule has 254 valence electrons. The summed E-state index contributed by atoms with van der Waals surface area (Å²) in [7, 11) is 1.61. The Morgan fingerprint density at radius 2 is 1.67 bits per heavy atom. The zero-order valence-electron chi connectivity index (χ0n) is 29.1. The van der Waals surface area contributed by atoms with Crippen molar-refractivity contribution in [2.75, 3.05) is 37.4 Å². The predicted octanol–water partition coefficient (Wildman–Crippen LogP) is 8.40. The fraction of sp³-hybridized carbons (Fsp3) is 0.410. The highest BCUT2D eigenvalue weighted by Gasteiger charge is 2.26. The van der Waals surface area contributed by atoms with E-state index in [0.29, 0.717) is 48.5 Å². The minimum atomic E-state index is -0.325. The maximum absolute atomic E-state index is 13.4. The third-order valence-corrected chi connectivity index (χ3v) is 8.84. The number of nitrogens with one attached hydrogen (secondary N) is 2. The number of carbonyl (C=O) groups excluding carboxylic acids is 2. The summed E-state index contributed by atoms with van der Waals surface area (Å²) in [5, 5.41) is 11.0. The summed E-state index contributed by atoms with van der Waals surface area (Å²) in [6.07, 6.45) is 4.55. The average molecular weight is 652 g/mol. The van der Waals surface area contributed by atoms with E-state index in [2.05, 4.69) is 44.4 Å². The van der Waals surface area contributed by atoms with E-state index in [1.54, 1.807) is 23.9 Å². The van der Waals surface area contributed by atoms with Crippen LogP contribution in [0.25, 0.3) is 5.69 Å². The number of anilines is 2. The number of aryl methyl sites for hydroxylation is 1. The molecule has 0 radical (unpaired) electrons. The number of carbonyl (C=O) groups is 2. The van der Waals surface area contributed by atoms with Crippen molar-refractivity contribution >= 4 is 23.4 Å². The molecule has 0 unspecified atom stereocenters. The van der Waals surface area contributed by atoms with Gasteiger partial charge in [-0.2, -0.15) is 5.10 Å². The van der Waals surface area contributed by atoms with E-state index in [0.717, 1.165) is 60.3 Å². The molecule has 0 aliphatic carbocycles. The number of rotatable bonds is 11. The molecule has 5 rings (SSSR count). The minimum absolute atomic E-state index is 0.00896. The minimum Gasteiger partial charge on any atom is -0.493 e. The van der Waals surface area contributed by atoms with Gasteiger partial charge in [0.05, 0.1) is 25.1 Å². The normalized spacial score (nSPS) is 13.7. The molecule has 1 fully saturated rings. The molecule has 1 aliphatic rings. The van der Waals surface area contributed by atoms with Crippen molar-refractivity contribution < 1.29 is 19.1 Å². The van der Waals surface area contributed by atoms with Crippen molar-refractivity contribution in [1.82, 2.24) is 14.7 Å². The van der Waals surface area contributed by atoms with E-state index in [4.69, 9.17) is 14.6 Å². The Morgan fingerprint density at radius 3 is 2.35 bits per heavy atom. The first kappa shape index (κ1) is 34.5. The van der Waals surface area contributed by atoms with Gasteiger partial charge in [0, 0.05) is 35.8 Å². The van der Waals surface area contributed by atoms with Crippen molar-refractivity contribution in [3.05, 3.63) is 95.2 Å². The number of ether oxygens (including phenoxy) is 2. The van der Waals surface area contributed by atoms with Gasteiger partial charge in [0.2, 0.25) is 0 Å². The number of benzene rings is 3. The Hall–Kier alpha value is -4.79. The summed E-state index contributed by atoms with van der Waals surface area (Å²) >= 11 is 0. The van der Waals surface area contributed by atoms with E-state index in [9.17, 15) is 9.59 Å². The van der Waals surface area contributed by atoms with Gasteiger partial charge < -0.3 is 19.7 Å². The lowest BCUT2D eigenvalue weighted by molar-refractivity contribution is 0.0690. The third-order valence-electron chi connectivity index (χ3n) is 8.84. The molecule has 0 atom stereocenters. The monoisotopic (exact) mass is 651 g/mol. The van der Waals surface area contributed by atoms with E-state index in [1.165, 1.54) is 0 Å². The number of methoxy groups -OCH3 is 1. The van der Waals surface area contributed by atoms with E-state index >= 15 is 0 Å². The zero-order valence-corrected chi connectivity index (χ0v) is 29.1. The molecule has 3 amide bonds. The van der Waals surface area contributed by atoms with Crippen molar-refractivity contribution in [2.24, 2.45) is 5.92 Å². The highest BCUT2D eigenvalue weighted by atomic mass is 16.5. The number of hydrogen-bond donors (Lipinski definition) is 2. The number of likely N-dealkylation sites (tertiary alicyclic amines) is 1. The van der Waals surface area contributed by atoms with Gasteiger partial charge in [-0.1, -0.05) is 70.0 Å². The van der Waals surface area contributed by atoms with E-state index in [-0.39, 0.29) is 17.4 Å². The molecule has 1 aromatic heterocycles. The Balaban J connectivity index is 1.21. The Labute approximate surface area is 284 Å². The SMILES string of the molecule is CCCCOc1cc(C(=O)N2CCC(Cc3ccccc3NC(=O)Nc3cc(C(C)(C)C)nn3-c3ccc(C)cc3)CC2)ccc1OC. The van der Waals surface area contributed by atoms with Crippen LogP contribution in [0.5, 0.6) is 11.5 Å². The molecular formula is C39H49N5O4. The van der Waals surface area contributed by atoms with Gasteiger partial charge in [-0.05, 0) is 80.5 Å². The van der Waals surface area contributed by atoms with Crippen molar-refractivity contribution in [3.8, 4) is 17.2 Å². The summed E-state index contributed by atoms with van der Waals surface area (Å²) < 4.78 is 13.1. The van der Waals surface area contributed by atoms with Crippen LogP contribution in [0.1, 0.15) is 80.6 Å². The van der Waals surface area contributed by atoms with Crippen LogP contribution < -0.4 is 20.1 Å². The van der Waals surface area contributed by atoms with Gasteiger partial charge in [0.1, 0.15) is 5.82 Å². The van der Waals surface area contributed by atoms with E-state index < -0.39 is 0 Å². The smallest absolute Gasteiger partial charge is 0.324 e. The molecule has 48 heavy (non-hydrogen) atoms. The predicted molar refractivity (Wildman–Crippen MR) is 192 cm³/mol. The van der Waals surface area contributed by atoms with Crippen molar-refractivity contribution in [3.63, 3.8) is 0 Å². The van der Waals surface area contributed by atoms with E-state index in [1.807, 2.05) is 66.4 Å². The lowest BCUT2D eigenvalue weighted by Crippen LogP contribution is -2.39. The largest absolute Gasteiger partial charge is 0.493 e. The molecule has 0 saturated carbocycles. The molecule has 9 nitrogen and oxygen atoms in total. The van der Waals surface area contributed by atoms with Crippen LogP contribution in [0.2, 0.25) is 0 Å². The Morgan fingerprint density at radius 1 is 0.938 bits per heavy atom. The third kappa shape index (κ3) is 8.56. The first-order valence-electron chi connectivity index (χ1n) is 17.0. The molecule has 9 heteroatoms. The second kappa shape index (κ2) is 15.4. The Bertz CT molecular complexity index is 1700. The van der Waals surface area contributed by atoms with Crippen LogP contribution >= 0.6 is 0 Å². The second-order valence-electron chi connectivity index (χ2n) is 13.7. The quantitative estimate of drug-likeness (QED) is 0.159. The van der Waals surface area contributed by atoms with Gasteiger partial charge in [-0.15, -0.1) is 0 Å². The fourth-order valence-electron chi connectivity index (χ4n) is 5.89. The van der Waals surface area contributed by atoms with Crippen LogP contribution in [0, 0.1) is 12.8 Å². The number of aromatic nitrogens is 2. The molecule has 1 aliphatic heterocycles. The summed E-state index contributed by atoms with van der Waals surface area (Å²) in [6, 6.07) is 23.1. The Kier molecular flexibility index (Phi) is 11.1. The molecular weight excluding hydrogens is 602 g/mol. The first-order valence-corrected chi connectivity index (χ1v) is 17.0. The molecule has 2 heterocycles. The lowest BCUT2D eigenvalue weighted by atomic mass is 9.89. The standard InChI is InChI=1S/C39H49N5O4/c1-7-8-23-48-34-25-30(15-18-33(34)47-6)37(45)43-21-19-28(20-22-43)24-29-11-9-10-12-32(29)40-38(46)41-36-26-35(39(3,4)5)42-44(36)31-16-13-27(2)14-17-31/h9-18,25-26,28H,7-8,19-24H2,1-6H3,(H2,40,41,46). The van der Waals surface area contributed by atoms with Crippen LogP contribution in [0.4, 0.5) is 16.3 Å². The van der Waals surface area contributed by atoms with Gasteiger partial charge in [0.15, 0.2) is 11.5 Å². The molecule has 1 saturated heterocycles. The summed E-state index contributed by atoms with van der Waals surface area (Å²) in [4.78, 5) is 28.7. The second-order valence-corrected chi connectivity index (χ2v) is 13.7. The molecule has 4 aromatic rings. The highest BCUT2D eigenvalue weighted by Crippen LogP contribution is 2.31. The lowest BCUT2D eigenvalue weighted by Gasteiger charge is -2.32. The zero-order chi connectivity index (χ0) is 34.3. The van der Waals surface area contributed by atoms with Crippen molar-refractivity contribution in [1.29, 1.82) is 0 Å². The average Bonchev–Trinajstić information content (AvgIpc) is 3.50. The molecule has 3 aromatic carbocycles. The maximum Gasteiger partial charge on any atom is 0.324 e. The van der Waals surface area contributed by atoms with Gasteiger partial charge >= 0.3 is 6.03 Å². The van der Waals surface area contributed by atoms with Crippen molar-refractivity contribution in [2.45, 2.75) is 72.1 Å². The van der Waals surface area contributed by atoms with Gasteiger partial charge in [-0.3, -0.25) is 10.1 Å². The summed E-state index contributed by atoms with van der Waals surface area (Å²) in [6.45, 7) is 12.4. The maximum atomic E-state index is 13.4. The topological polar surface area (TPSA) is 97.7 Å².